The van der Waals surface area contributed by atoms with Crippen LogP contribution in [-0.4, -0.2) is 12.2 Å². The molecule has 1 aromatic carbocycles. The average Bonchev–Trinajstić information content (AvgIpc) is 2.03. The smallest absolute Gasteiger partial charge is 0.137 e. The van der Waals surface area contributed by atoms with Crippen molar-refractivity contribution in [1.82, 2.24) is 0 Å². The fourth-order valence-electron chi connectivity index (χ4n) is 0.960. The molecule has 2 nitrogen and oxygen atoms in total. The fraction of sp³-hybridized carbons (Fsp3) is 0.250. The lowest BCUT2D eigenvalue weighted by atomic mass is 10.2. The van der Waals surface area contributed by atoms with E-state index in [4.69, 9.17) is 9.84 Å². The number of benzene rings is 1. The molecule has 0 saturated heterocycles. The summed E-state index contributed by atoms with van der Waals surface area (Å²) in [6.45, 7) is -0.00137. The predicted molar refractivity (Wildman–Crippen MR) is 59.3 cm³/mol. The molecule has 0 saturated carbocycles. The molecule has 1 rings (SSSR count). The molecule has 0 heterocycles. The zero-order chi connectivity index (χ0) is 9.14. The molecule has 0 aliphatic carbocycles. The van der Waals surface area contributed by atoms with E-state index in [1.807, 2.05) is 12.1 Å². The minimum atomic E-state index is -0.00137. The van der Waals surface area contributed by atoms with E-state index in [-0.39, 0.29) is 6.61 Å². The second-order valence-corrected chi connectivity index (χ2v) is 4.32. The molecule has 0 amide bonds. The molecular weight excluding hydrogens is 335 g/mol. The molecule has 0 spiro atoms. The molecule has 0 unspecified atom stereocenters. The van der Waals surface area contributed by atoms with Gasteiger partial charge in [-0.3, -0.25) is 0 Å². The molecule has 0 atom stereocenters. The van der Waals surface area contributed by atoms with Crippen LogP contribution in [0.3, 0.4) is 0 Å². The Labute approximate surface area is 93.2 Å². The van der Waals surface area contributed by atoms with Crippen molar-refractivity contribution in [3.63, 3.8) is 0 Å². The van der Waals surface area contributed by atoms with Gasteiger partial charge in [-0.05, 0) is 34.7 Å². The lowest BCUT2D eigenvalue weighted by Gasteiger charge is -2.08. The quantitative estimate of drug-likeness (QED) is 0.837. The van der Waals surface area contributed by atoms with Gasteiger partial charge in [0.2, 0.25) is 0 Å². The maximum absolute atomic E-state index is 8.99. The highest BCUT2D eigenvalue weighted by molar-refractivity contribution is 14.1. The average molecular weight is 343 g/mol. The van der Waals surface area contributed by atoms with E-state index in [2.05, 4.69) is 38.5 Å². The van der Waals surface area contributed by atoms with Crippen LogP contribution in [0, 0.1) is 3.57 Å². The van der Waals surface area contributed by atoms with Gasteiger partial charge in [-0.2, -0.15) is 0 Å². The first-order valence-corrected chi connectivity index (χ1v) is 5.19. The van der Waals surface area contributed by atoms with Gasteiger partial charge in [-0.25, -0.2) is 0 Å². The molecule has 0 radical (unpaired) electrons. The lowest BCUT2D eigenvalue weighted by molar-refractivity contribution is 0.273. The molecule has 1 aromatic rings. The number of hydrogen-bond acceptors (Lipinski definition) is 2. The molecule has 66 valence electrons. The molecule has 0 aliphatic heterocycles. The van der Waals surface area contributed by atoms with Gasteiger partial charge < -0.3 is 9.84 Å². The van der Waals surface area contributed by atoms with Crippen molar-refractivity contribution in [3.8, 4) is 5.75 Å². The molecule has 12 heavy (non-hydrogen) atoms. The number of aliphatic hydroxyl groups excluding tert-OH is 1. The highest BCUT2D eigenvalue weighted by atomic mass is 127. The van der Waals surface area contributed by atoms with Crippen molar-refractivity contribution in [1.29, 1.82) is 0 Å². The topological polar surface area (TPSA) is 29.5 Å². The third kappa shape index (κ3) is 2.11. The van der Waals surface area contributed by atoms with Crippen molar-refractivity contribution in [2.24, 2.45) is 0 Å². The van der Waals surface area contributed by atoms with Crippen LogP contribution in [0.1, 0.15) is 5.56 Å². The highest BCUT2D eigenvalue weighted by Gasteiger charge is 2.07. The molecule has 0 aliphatic rings. The van der Waals surface area contributed by atoms with E-state index in [1.165, 1.54) is 0 Å². The Hall–Kier alpha value is 0.190. The van der Waals surface area contributed by atoms with Crippen molar-refractivity contribution < 1.29 is 9.84 Å². The number of halogens is 2. The van der Waals surface area contributed by atoms with E-state index in [9.17, 15) is 0 Å². The standard InChI is InChI=1S/C8H8BrIO2/c1-12-8-5(4-11)2-6(9)3-7(8)10/h2-3,11H,4H2,1H3. The summed E-state index contributed by atoms with van der Waals surface area (Å²) in [4.78, 5) is 0. The fourth-order valence-corrected chi connectivity index (χ4v) is 2.79. The van der Waals surface area contributed by atoms with Crippen LogP contribution < -0.4 is 4.74 Å². The summed E-state index contributed by atoms with van der Waals surface area (Å²) in [5.41, 5.74) is 0.802. The first-order valence-electron chi connectivity index (χ1n) is 3.31. The molecule has 0 fully saturated rings. The summed E-state index contributed by atoms with van der Waals surface area (Å²) in [5, 5.41) is 8.99. The van der Waals surface area contributed by atoms with E-state index in [0.717, 1.165) is 19.4 Å². The van der Waals surface area contributed by atoms with Crippen LogP contribution in [0.5, 0.6) is 5.75 Å². The van der Waals surface area contributed by atoms with Gasteiger partial charge in [0.05, 0.1) is 17.3 Å². The Morgan fingerprint density at radius 3 is 2.75 bits per heavy atom. The maximum Gasteiger partial charge on any atom is 0.137 e. The zero-order valence-corrected chi connectivity index (χ0v) is 10.2. The van der Waals surface area contributed by atoms with Gasteiger partial charge in [0.25, 0.3) is 0 Å². The Morgan fingerprint density at radius 2 is 2.25 bits per heavy atom. The second kappa shape index (κ2) is 4.43. The zero-order valence-electron chi connectivity index (χ0n) is 6.47. The third-order valence-electron chi connectivity index (χ3n) is 1.46. The van der Waals surface area contributed by atoms with Crippen molar-refractivity contribution in [3.05, 3.63) is 25.7 Å². The van der Waals surface area contributed by atoms with Crippen LogP contribution in [0.2, 0.25) is 0 Å². The molecule has 1 N–H and O–H groups in total. The summed E-state index contributed by atoms with van der Waals surface area (Å²) in [6, 6.07) is 3.79. The Balaban J connectivity index is 3.24. The van der Waals surface area contributed by atoms with Crippen LogP contribution in [0.25, 0.3) is 0 Å². The Morgan fingerprint density at radius 1 is 1.58 bits per heavy atom. The van der Waals surface area contributed by atoms with Crippen molar-refractivity contribution >= 4 is 38.5 Å². The van der Waals surface area contributed by atoms with Crippen molar-refractivity contribution in [2.75, 3.05) is 7.11 Å². The van der Waals surface area contributed by atoms with Gasteiger partial charge in [0.1, 0.15) is 5.75 Å². The van der Waals surface area contributed by atoms with E-state index < -0.39 is 0 Å². The third-order valence-corrected chi connectivity index (χ3v) is 2.72. The van der Waals surface area contributed by atoms with Gasteiger partial charge in [-0.15, -0.1) is 0 Å². The highest BCUT2D eigenvalue weighted by Crippen LogP contribution is 2.29. The van der Waals surface area contributed by atoms with Gasteiger partial charge >= 0.3 is 0 Å². The number of methoxy groups -OCH3 is 1. The molecular formula is C8H8BrIO2. The second-order valence-electron chi connectivity index (χ2n) is 2.24. The van der Waals surface area contributed by atoms with Crippen LogP contribution >= 0.6 is 38.5 Å². The minimum absolute atomic E-state index is 0.00137. The maximum atomic E-state index is 8.99. The van der Waals surface area contributed by atoms with Crippen molar-refractivity contribution in [2.45, 2.75) is 6.61 Å². The SMILES string of the molecule is COc1c(I)cc(Br)cc1CO. The van der Waals surface area contributed by atoms with Crippen LogP contribution in [-0.2, 0) is 6.61 Å². The predicted octanol–water partition coefficient (Wildman–Crippen LogP) is 2.55. The monoisotopic (exact) mass is 342 g/mol. The summed E-state index contributed by atoms with van der Waals surface area (Å²) in [5.74, 6) is 0.751. The molecule has 0 aromatic heterocycles. The summed E-state index contributed by atoms with van der Waals surface area (Å²) >= 11 is 5.51. The van der Waals surface area contributed by atoms with Gasteiger partial charge in [-0.1, -0.05) is 15.9 Å². The van der Waals surface area contributed by atoms with Crippen LogP contribution in [0.4, 0.5) is 0 Å². The van der Waals surface area contributed by atoms with Gasteiger partial charge in [0, 0.05) is 10.0 Å². The normalized spacial score (nSPS) is 10.0. The lowest BCUT2D eigenvalue weighted by Crippen LogP contribution is -1.94. The number of rotatable bonds is 2. The largest absolute Gasteiger partial charge is 0.495 e. The first kappa shape index (κ1) is 10.3. The number of hydrogen-bond donors (Lipinski definition) is 1. The number of aliphatic hydroxyl groups is 1. The van der Waals surface area contributed by atoms with Gasteiger partial charge in [0.15, 0.2) is 0 Å². The van der Waals surface area contributed by atoms with Crippen LogP contribution in [0.15, 0.2) is 16.6 Å². The molecule has 4 heteroatoms. The summed E-state index contributed by atoms with van der Waals surface area (Å²) in [6.07, 6.45) is 0. The Bertz CT molecular complexity index is 289. The summed E-state index contributed by atoms with van der Waals surface area (Å²) in [7, 11) is 1.60. The van der Waals surface area contributed by atoms with E-state index in [1.54, 1.807) is 7.11 Å². The summed E-state index contributed by atoms with van der Waals surface area (Å²) < 4.78 is 7.08. The number of ether oxygens (including phenoxy) is 1. The molecule has 0 bridgehead atoms. The van der Waals surface area contributed by atoms with E-state index >= 15 is 0 Å². The van der Waals surface area contributed by atoms with E-state index in [0.29, 0.717) is 0 Å². The Kier molecular flexibility index (Phi) is 3.79. The first-order chi connectivity index (χ1) is 5.69. The minimum Gasteiger partial charge on any atom is -0.495 e.